The predicted octanol–water partition coefficient (Wildman–Crippen LogP) is 1.70. The Morgan fingerprint density at radius 1 is 1.25 bits per heavy atom. The molecule has 2 rings (SSSR count). The third-order valence-corrected chi connectivity index (χ3v) is 1.74. The summed E-state index contributed by atoms with van der Waals surface area (Å²) in [6, 6.07) is 5.78. The van der Waals surface area contributed by atoms with Crippen molar-refractivity contribution in [3.05, 3.63) is 23.8 Å². The van der Waals surface area contributed by atoms with Crippen LogP contribution in [0.2, 0.25) is 0 Å². The molecule has 0 fully saturated rings. The first-order valence-corrected chi connectivity index (χ1v) is 3.76. The lowest BCUT2D eigenvalue weighted by atomic mass is 10.2. The molecule has 0 aliphatic carbocycles. The topological polar surface area (TPSA) is 27.7 Å². The molecule has 1 atom stereocenters. The van der Waals surface area contributed by atoms with Crippen LogP contribution >= 0.6 is 0 Å². The van der Waals surface area contributed by atoms with Crippen LogP contribution in [0.4, 0.5) is 0 Å². The molecule has 0 radical (unpaired) electrons. The number of hydrogen-bond donors (Lipinski definition) is 0. The van der Waals surface area contributed by atoms with E-state index < -0.39 is 6.48 Å². The van der Waals surface area contributed by atoms with Crippen LogP contribution in [0.3, 0.4) is 0 Å². The molecule has 1 heterocycles. The molecule has 3 nitrogen and oxygen atoms in total. The zero-order valence-corrected chi connectivity index (χ0v) is 7.03. The number of methoxy groups -OCH3 is 1. The summed E-state index contributed by atoms with van der Waals surface area (Å²) in [6.45, 7) is 1.42. The Morgan fingerprint density at radius 2 is 2.00 bits per heavy atom. The van der Waals surface area contributed by atoms with Gasteiger partial charge in [0.1, 0.15) is 0 Å². The van der Waals surface area contributed by atoms with E-state index in [-0.39, 0.29) is 0 Å². The number of ether oxygens (including phenoxy) is 3. The van der Waals surface area contributed by atoms with Gasteiger partial charge in [0.2, 0.25) is 0 Å². The Hall–Kier alpha value is -1.22. The highest BCUT2D eigenvalue weighted by atomic mass is 16.9. The standard InChI is InChI=1S/C9H10O3/c1-6-3-4-7-8(5-6)12-9(10-2)11-7/h3-5,9H,1-2H3/t9-/m1/s1. The lowest BCUT2D eigenvalue weighted by Crippen LogP contribution is -2.19. The van der Waals surface area contributed by atoms with Crippen LogP contribution in [-0.4, -0.2) is 13.6 Å². The zero-order valence-electron chi connectivity index (χ0n) is 7.03. The smallest absolute Gasteiger partial charge is 0.360 e. The van der Waals surface area contributed by atoms with Gasteiger partial charge in [-0.05, 0) is 24.6 Å². The minimum atomic E-state index is -0.582. The molecule has 0 saturated carbocycles. The van der Waals surface area contributed by atoms with Crippen LogP contribution in [0.5, 0.6) is 11.5 Å². The Labute approximate surface area is 70.9 Å². The van der Waals surface area contributed by atoms with Crippen LogP contribution in [-0.2, 0) is 4.74 Å². The van der Waals surface area contributed by atoms with Gasteiger partial charge in [0.25, 0.3) is 0 Å². The second-order valence-corrected chi connectivity index (χ2v) is 2.71. The van der Waals surface area contributed by atoms with E-state index in [9.17, 15) is 0 Å². The van der Waals surface area contributed by atoms with E-state index in [1.54, 1.807) is 7.11 Å². The summed E-state index contributed by atoms with van der Waals surface area (Å²) in [5, 5.41) is 0. The summed E-state index contributed by atoms with van der Waals surface area (Å²) in [5.41, 5.74) is 1.15. The number of aryl methyl sites for hydroxylation is 1. The highest BCUT2D eigenvalue weighted by Gasteiger charge is 2.23. The molecule has 0 saturated heterocycles. The van der Waals surface area contributed by atoms with Crippen molar-refractivity contribution in [2.24, 2.45) is 0 Å². The summed E-state index contributed by atoms with van der Waals surface area (Å²) in [4.78, 5) is 0. The summed E-state index contributed by atoms with van der Waals surface area (Å²) in [7, 11) is 1.55. The molecule has 0 bridgehead atoms. The van der Waals surface area contributed by atoms with Gasteiger partial charge < -0.3 is 14.2 Å². The number of benzene rings is 1. The second kappa shape index (κ2) is 2.68. The van der Waals surface area contributed by atoms with Gasteiger partial charge in [-0.1, -0.05) is 6.07 Å². The predicted molar refractivity (Wildman–Crippen MR) is 43.2 cm³/mol. The summed E-state index contributed by atoms with van der Waals surface area (Å²) < 4.78 is 15.4. The van der Waals surface area contributed by atoms with Crippen molar-refractivity contribution in [2.75, 3.05) is 7.11 Å². The highest BCUT2D eigenvalue weighted by molar-refractivity contribution is 5.44. The van der Waals surface area contributed by atoms with Crippen LogP contribution in [0.1, 0.15) is 5.56 Å². The van der Waals surface area contributed by atoms with Gasteiger partial charge in [-0.2, -0.15) is 0 Å². The molecule has 0 spiro atoms. The van der Waals surface area contributed by atoms with E-state index in [4.69, 9.17) is 14.2 Å². The summed E-state index contributed by atoms with van der Waals surface area (Å²) >= 11 is 0. The summed E-state index contributed by atoms with van der Waals surface area (Å²) in [5.74, 6) is 1.49. The molecule has 0 aromatic heterocycles. The first-order valence-electron chi connectivity index (χ1n) is 3.76. The molecular formula is C9H10O3. The van der Waals surface area contributed by atoms with E-state index >= 15 is 0 Å². The number of hydrogen-bond acceptors (Lipinski definition) is 3. The van der Waals surface area contributed by atoms with Crippen molar-refractivity contribution >= 4 is 0 Å². The van der Waals surface area contributed by atoms with E-state index in [0.29, 0.717) is 0 Å². The first-order chi connectivity index (χ1) is 5.79. The van der Waals surface area contributed by atoms with Crippen molar-refractivity contribution in [1.82, 2.24) is 0 Å². The van der Waals surface area contributed by atoms with Crippen molar-refractivity contribution in [3.8, 4) is 11.5 Å². The van der Waals surface area contributed by atoms with Crippen LogP contribution in [0.15, 0.2) is 18.2 Å². The minimum absolute atomic E-state index is 0.582. The second-order valence-electron chi connectivity index (χ2n) is 2.71. The van der Waals surface area contributed by atoms with Crippen LogP contribution in [0.25, 0.3) is 0 Å². The van der Waals surface area contributed by atoms with Gasteiger partial charge in [0, 0.05) is 7.11 Å². The van der Waals surface area contributed by atoms with E-state index in [1.807, 2.05) is 25.1 Å². The van der Waals surface area contributed by atoms with Crippen LogP contribution < -0.4 is 9.47 Å². The monoisotopic (exact) mass is 166 g/mol. The van der Waals surface area contributed by atoms with Crippen molar-refractivity contribution < 1.29 is 14.2 Å². The molecule has 3 heteroatoms. The molecule has 1 aromatic rings. The molecule has 0 N–H and O–H groups in total. The van der Waals surface area contributed by atoms with Crippen LogP contribution in [0, 0.1) is 6.92 Å². The van der Waals surface area contributed by atoms with E-state index in [2.05, 4.69) is 0 Å². The van der Waals surface area contributed by atoms with Crippen molar-refractivity contribution in [2.45, 2.75) is 13.4 Å². The molecule has 1 aliphatic heterocycles. The lowest BCUT2D eigenvalue weighted by Gasteiger charge is -2.05. The first kappa shape index (κ1) is 7.43. The fourth-order valence-electron chi connectivity index (χ4n) is 1.13. The maximum atomic E-state index is 5.29. The Balaban J connectivity index is 2.30. The normalized spacial score (nSPS) is 19.7. The third kappa shape index (κ3) is 1.12. The minimum Gasteiger partial charge on any atom is -0.428 e. The molecule has 0 unspecified atom stereocenters. The zero-order chi connectivity index (χ0) is 8.55. The van der Waals surface area contributed by atoms with E-state index in [0.717, 1.165) is 17.1 Å². The van der Waals surface area contributed by atoms with E-state index in [1.165, 1.54) is 0 Å². The molecule has 0 amide bonds. The van der Waals surface area contributed by atoms with Gasteiger partial charge >= 0.3 is 6.48 Å². The SMILES string of the molecule is CO[C@@H]1Oc2ccc(C)cc2O1. The number of fused-ring (bicyclic) bond motifs is 1. The summed E-state index contributed by atoms with van der Waals surface area (Å²) in [6.07, 6.45) is 0. The fraction of sp³-hybridized carbons (Fsp3) is 0.333. The molecule has 1 aromatic carbocycles. The van der Waals surface area contributed by atoms with Crippen molar-refractivity contribution in [3.63, 3.8) is 0 Å². The largest absolute Gasteiger partial charge is 0.428 e. The van der Waals surface area contributed by atoms with Gasteiger partial charge in [-0.15, -0.1) is 0 Å². The molecule has 1 aliphatic rings. The Kier molecular flexibility index (Phi) is 1.66. The number of rotatable bonds is 1. The fourth-order valence-corrected chi connectivity index (χ4v) is 1.13. The van der Waals surface area contributed by atoms with Crippen molar-refractivity contribution in [1.29, 1.82) is 0 Å². The quantitative estimate of drug-likeness (QED) is 0.635. The average molecular weight is 166 g/mol. The maximum Gasteiger partial charge on any atom is 0.360 e. The van der Waals surface area contributed by atoms with Gasteiger partial charge in [-0.3, -0.25) is 0 Å². The third-order valence-electron chi connectivity index (χ3n) is 1.74. The molecule has 64 valence electrons. The average Bonchev–Trinajstić information content (AvgIpc) is 2.46. The highest BCUT2D eigenvalue weighted by Crippen LogP contribution is 2.35. The lowest BCUT2D eigenvalue weighted by molar-refractivity contribution is -0.157. The van der Waals surface area contributed by atoms with Gasteiger partial charge in [-0.25, -0.2) is 0 Å². The molecule has 12 heavy (non-hydrogen) atoms. The van der Waals surface area contributed by atoms with Gasteiger partial charge in [0.05, 0.1) is 0 Å². The Bertz CT molecular complexity index is 296. The Morgan fingerprint density at radius 3 is 2.75 bits per heavy atom. The van der Waals surface area contributed by atoms with Gasteiger partial charge in [0.15, 0.2) is 11.5 Å². The molecular weight excluding hydrogens is 156 g/mol. The maximum absolute atomic E-state index is 5.29.